The van der Waals surface area contributed by atoms with Crippen LogP contribution in [0.15, 0.2) is 28.0 Å². The first-order valence-electron chi connectivity index (χ1n) is 7.13. The quantitative estimate of drug-likeness (QED) is 0.549. The van der Waals surface area contributed by atoms with Crippen molar-refractivity contribution in [2.75, 3.05) is 18.5 Å². The summed E-state index contributed by atoms with van der Waals surface area (Å²) in [5, 5.41) is 14.5. The molecule has 3 heterocycles. The Hall–Kier alpha value is -2.23. The Morgan fingerprint density at radius 2 is 2.29 bits per heavy atom. The number of hydrogen-bond donors (Lipinski definition) is 3. The minimum Gasteiger partial charge on any atom is -0.395 e. The number of hydrogen-bond acceptors (Lipinski definition) is 7. The molecule has 1 fully saturated rings. The zero-order valence-corrected chi connectivity index (χ0v) is 14.3. The molecule has 0 atom stereocenters. The summed E-state index contributed by atoms with van der Waals surface area (Å²) in [5.41, 5.74) is 1.30. The van der Waals surface area contributed by atoms with Gasteiger partial charge in [-0.1, -0.05) is 30.0 Å². The van der Waals surface area contributed by atoms with Crippen LogP contribution in [0, 0.1) is 6.92 Å². The lowest BCUT2D eigenvalue weighted by Crippen LogP contribution is -2.22. The maximum absolute atomic E-state index is 12.8. The maximum Gasteiger partial charge on any atom is 0.267 e. The van der Waals surface area contributed by atoms with Crippen molar-refractivity contribution in [3.05, 3.63) is 44.7 Å². The summed E-state index contributed by atoms with van der Waals surface area (Å²) < 4.78 is 1.78. The van der Waals surface area contributed by atoms with Gasteiger partial charge in [-0.05, 0) is 24.6 Å². The number of aromatic nitrogens is 2. The smallest absolute Gasteiger partial charge is 0.267 e. The number of fused-ring (bicyclic) bond motifs is 1. The van der Waals surface area contributed by atoms with Crippen LogP contribution in [0.5, 0.6) is 0 Å². The van der Waals surface area contributed by atoms with Crippen molar-refractivity contribution in [1.29, 1.82) is 0 Å². The van der Waals surface area contributed by atoms with E-state index >= 15 is 0 Å². The Balaban J connectivity index is 2.23. The fourth-order valence-electron chi connectivity index (χ4n) is 2.30. The molecule has 0 saturated carbocycles. The highest BCUT2D eigenvalue weighted by atomic mass is 32.2. The molecule has 0 aromatic carbocycles. The lowest BCUT2D eigenvalue weighted by atomic mass is 10.2. The largest absolute Gasteiger partial charge is 0.395 e. The van der Waals surface area contributed by atoms with Gasteiger partial charge in [-0.3, -0.25) is 14.0 Å². The molecule has 24 heavy (non-hydrogen) atoms. The molecule has 0 bridgehead atoms. The van der Waals surface area contributed by atoms with Crippen LogP contribution in [-0.4, -0.2) is 37.9 Å². The Morgan fingerprint density at radius 3 is 2.96 bits per heavy atom. The molecule has 124 valence electrons. The van der Waals surface area contributed by atoms with Gasteiger partial charge in [0.25, 0.3) is 11.5 Å². The predicted octanol–water partition coefficient (Wildman–Crippen LogP) is 0.896. The fraction of sp³-hybridized carbons (Fsp3) is 0.200. The van der Waals surface area contributed by atoms with E-state index in [1.165, 1.54) is 10.5 Å². The number of amides is 1. The van der Waals surface area contributed by atoms with Crippen molar-refractivity contribution < 1.29 is 9.90 Å². The summed E-state index contributed by atoms with van der Waals surface area (Å²) in [4.78, 5) is 29.5. The zero-order chi connectivity index (χ0) is 17.3. The average Bonchev–Trinajstić information content (AvgIpc) is 2.87. The third-order valence-corrected chi connectivity index (χ3v) is 4.57. The van der Waals surface area contributed by atoms with Crippen LogP contribution in [0.25, 0.3) is 11.7 Å². The summed E-state index contributed by atoms with van der Waals surface area (Å²) in [6.45, 7) is 1.99. The van der Waals surface area contributed by atoms with Gasteiger partial charge in [0.05, 0.1) is 17.1 Å². The molecule has 0 unspecified atom stereocenters. The molecule has 1 saturated heterocycles. The SMILES string of the molecule is Cc1cccn2c(=O)c(C=C3SC(=S)NC3=O)c(NCCO)nc12. The van der Waals surface area contributed by atoms with Crippen molar-refractivity contribution in [2.24, 2.45) is 0 Å². The molecule has 0 radical (unpaired) electrons. The summed E-state index contributed by atoms with van der Waals surface area (Å²) >= 11 is 6.06. The molecule has 1 amide bonds. The number of nitrogens with one attached hydrogen (secondary N) is 2. The summed E-state index contributed by atoms with van der Waals surface area (Å²) in [5.74, 6) is -0.0195. The van der Waals surface area contributed by atoms with Gasteiger partial charge in [0.1, 0.15) is 15.8 Å². The summed E-state index contributed by atoms with van der Waals surface area (Å²) in [6.07, 6.45) is 3.10. The van der Waals surface area contributed by atoms with Crippen LogP contribution in [0.3, 0.4) is 0 Å². The Bertz CT molecular complexity index is 936. The van der Waals surface area contributed by atoms with Crippen molar-refractivity contribution in [3.8, 4) is 0 Å². The van der Waals surface area contributed by atoms with Gasteiger partial charge >= 0.3 is 0 Å². The molecule has 0 aliphatic carbocycles. The lowest BCUT2D eigenvalue weighted by Gasteiger charge is -2.11. The molecule has 3 rings (SSSR count). The van der Waals surface area contributed by atoms with Crippen LogP contribution < -0.4 is 16.2 Å². The number of nitrogens with zero attached hydrogens (tertiary/aromatic N) is 2. The van der Waals surface area contributed by atoms with Crippen molar-refractivity contribution in [2.45, 2.75) is 6.92 Å². The van der Waals surface area contributed by atoms with Crippen LogP contribution in [0.4, 0.5) is 5.82 Å². The normalized spacial score (nSPS) is 16.0. The third-order valence-electron chi connectivity index (χ3n) is 3.41. The van der Waals surface area contributed by atoms with Crippen LogP contribution in [-0.2, 0) is 4.79 Å². The predicted molar refractivity (Wildman–Crippen MR) is 98.1 cm³/mol. The van der Waals surface area contributed by atoms with Crippen molar-refractivity contribution in [3.63, 3.8) is 0 Å². The highest BCUT2D eigenvalue weighted by Gasteiger charge is 2.24. The fourth-order valence-corrected chi connectivity index (χ4v) is 3.33. The minimum absolute atomic E-state index is 0.107. The topological polar surface area (TPSA) is 95.7 Å². The number of rotatable bonds is 4. The van der Waals surface area contributed by atoms with E-state index in [9.17, 15) is 9.59 Å². The van der Waals surface area contributed by atoms with E-state index in [1.54, 1.807) is 12.3 Å². The van der Waals surface area contributed by atoms with Gasteiger partial charge in [0.15, 0.2) is 0 Å². The van der Waals surface area contributed by atoms with E-state index in [0.29, 0.717) is 20.7 Å². The number of anilines is 1. The highest BCUT2D eigenvalue weighted by molar-refractivity contribution is 8.26. The molecule has 1 aliphatic heterocycles. The Labute approximate surface area is 146 Å². The second-order valence-electron chi connectivity index (χ2n) is 5.07. The van der Waals surface area contributed by atoms with Crippen molar-refractivity contribution in [1.82, 2.24) is 14.7 Å². The van der Waals surface area contributed by atoms with E-state index in [1.807, 2.05) is 13.0 Å². The lowest BCUT2D eigenvalue weighted by molar-refractivity contribution is -0.115. The summed E-state index contributed by atoms with van der Waals surface area (Å²) in [7, 11) is 0. The van der Waals surface area contributed by atoms with E-state index < -0.39 is 0 Å². The van der Waals surface area contributed by atoms with Gasteiger partial charge in [-0.2, -0.15) is 0 Å². The number of carbonyl (C=O) groups excluding carboxylic acids is 1. The van der Waals surface area contributed by atoms with Gasteiger partial charge in [0.2, 0.25) is 0 Å². The summed E-state index contributed by atoms with van der Waals surface area (Å²) in [6, 6.07) is 3.61. The second kappa shape index (κ2) is 6.71. The zero-order valence-electron chi connectivity index (χ0n) is 12.7. The average molecular weight is 362 g/mol. The number of aryl methyl sites for hydroxylation is 1. The molecular weight excluding hydrogens is 348 g/mol. The number of thioether (sulfide) groups is 1. The molecule has 2 aromatic rings. The molecule has 0 spiro atoms. The first-order chi connectivity index (χ1) is 11.5. The van der Waals surface area contributed by atoms with E-state index in [0.717, 1.165) is 17.3 Å². The Kier molecular flexibility index (Phi) is 4.65. The minimum atomic E-state index is -0.341. The van der Waals surface area contributed by atoms with Crippen LogP contribution in [0.2, 0.25) is 0 Å². The van der Waals surface area contributed by atoms with E-state index in [4.69, 9.17) is 17.3 Å². The number of carbonyl (C=O) groups is 1. The monoisotopic (exact) mass is 362 g/mol. The standard InChI is InChI=1S/C15H14N4O3S2/c1-8-3-2-5-19-12(8)17-11(16-4-6-20)9(14(19)22)7-10-13(21)18-15(23)24-10/h2-3,5,7,16,20H,4,6H2,1H3,(H,18,21,23). The van der Waals surface area contributed by atoms with Crippen molar-refractivity contribution >= 4 is 51.7 Å². The van der Waals surface area contributed by atoms with E-state index in [-0.39, 0.29) is 30.2 Å². The van der Waals surface area contributed by atoms with Gasteiger partial charge in [-0.25, -0.2) is 4.98 Å². The van der Waals surface area contributed by atoms with Gasteiger partial charge in [-0.15, -0.1) is 0 Å². The molecule has 1 aliphatic rings. The van der Waals surface area contributed by atoms with Gasteiger partial charge in [0, 0.05) is 12.7 Å². The van der Waals surface area contributed by atoms with Crippen LogP contribution >= 0.6 is 24.0 Å². The molecule has 7 nitrogen and oxygen atoms in total. The third kappa shape index (κ3) is 3.05. The first-order valence-corrected chi connectivity index (χ1v) is 8.35. The first kappa shape index (κ1) is 16.6. The molecule has 3 N–H and O–H groups in total. The maximum atomic E-state index is 12.8. The molecular formula is C15H14N4O3S2. The number of aliphatic hydroxyl groups excluding tert-OH is 1. The Morgan fingerprint density at radius 1 is 1.50 bits per heavy atom. The van der Waals surface area contributed by atoms with E-state index in [2.05, 4.69) is 15.6 Å². The molecule has 2 aromatic heterocycles. The van der Waals surface area contributed by atoms with Gasteiger partial charge < -0.3 is 15.7 Å². The highest BCUT2D eigenvalue weighted by Crippen LogP contribution is 2.27. The van der Waals surface area contributed by atoms with Crippen LogP contribution in [0.1, 0.15) is 11.1 Å². The number of aliphatic hydroxyl groups is 1. The molecule has 9 heteroatoms. The number of pyridine rings is 1. The number of thiocarbonyl (C=S) groups is 1. The second-order valence-corrected chi connectivity index (χ2v) is 6.79.